The summed E-state index contributed by atoms with van der Waals surface area (Å²) in [6, 6.07) is 8.32. The fraction of sp³-hybridized carbons (Fsp3) is 0.222. The average Bonchev–Trinajstić information content (AvgIpc) is 3.04. The van der Waals surface area contributed by atoms with Gasteiger partial charge in [-0.2, -0.15) is 0 Å². The molecule has 0 aromatic heterocycles. The molecule has 1 N–H and O–H groups in total. The highest BCUT2D eigenvalue weighted by atomic mass is 19.1. The fourth-order valence-electron chi connectivity index (χ4n) is 3.78. The van der Waals surface area contributed by atoms with E-state index in [4.69, 9.17) is 0 Å². The molecule has 3 atom stereocenters. The number of nitro groups is 1. The van der Waals surface area contributed by atoms with Crippen molar-refractivity contribution in [3.05, 3.63) is 81.4 Å². The Morgan fingerprint density at radius 2 is 2.04 bits per heavy atom. The summed E-state index contributed by atoms with van der Waals surface area (Å²) in [7, 11) is 0. The fourth-order valence-corrected chi connectivity index (χ4v) is 3.78. The molecule has 0 radical (unpaired) electrons. The molecule has 0 saturated heterocycles. The second kappa shape index (κ2) is 5.40. The lowest BCUT2D eigenvalue weighted by molar-refractivity contribution is -0.384. The van der Waals surface area contributed by atoms with Gasteiger partial charge < -0.3 is 5.32 Å². The summed E-state index contributed by atoms with van der Waals surface area (Å²) in [4.78, 5) is 10.6. The molecule has 1 heterocycles. The minimum atomic E-state index is -0.640. The summed E-state index contributed by atoms with van der Waals surface area (Å²) in [5.41, 5.74) is 1.62. The van der Waals surface area contributed by atoms with Crippen LogP contribution in [-0.4, -0.2) is 4.92 Å². The summed E-state index contributed by atoms with van der Waals surface area (Å²) < 4.78 is 27.9. The third-order valence-electron chi connectivity index (χ3n) is 4.83. The minimum absolute atomic E-state index is 0.00202. The number of non-ortho nitro benzene ring substituents is 1. The van der Waals surface area contributed by atoms with Crippen LogP contribution in [0.1, 0.15) is 29.5 Å². The van der Waals surface area contributed by atoms with Crippen LogP contribution in [0.5, 0.6) is 0 Å². The maximum absolute atomic E-state index is 14.3. The summed E-state index contributed by atoms with van der Waals surface area (Å²) in [5, 5.41) is 14.2. The average molecular weight is 328 g/mol. The van der Waals surface area contributed by atoms with E-state index < -0.39 is 16.6 Å². The molecule has 4 nitrogen and oxygen atoms in total. The molecule has 0 fully saturated rings. The van der Waals surface area contributed by atoms with Crippen LogP contribution in [0.25, 0.3) is 0 Å². The van der Waals surface area contributed by atoms with Gasteiger partial charge in [-0.15, -0.1) is 0 Å². The number of nitro benzene ring substituents is 1. The molecular formula is C18H14F2N2O2. The van der Waals surface area contributed by atoms with E-state index in [0.717, 1.165) is 18.1 Å². The summed E-state index contributed by atoms with van der Waals surface area (Å²) >= 11 is 0. The van der Waals surface area contributed by atoms with Gasteiger partial charge in [0.25, 0.3) is 5.69 Å². The SMILES string of the molecule is O=[N+]([O-])c1cccc([C@@H]2Nc3c(F)cc(F)cc3[C@@H]3C=CC[C@H]32)c1. The van der Waals surface area contributed by atoms with Gasteiger partial charge in [-0.25, -0.2) is 8.78 Å². The highest BCUT2D eigenvalue weighted by molar-refractivity contribution is 5.61. The second-order valence-electron chi connectivity index (χ2n) is 6.18. The molecule has 1 aliphatic carbocycles. The van der Waals surface area contributed by atoms with Crippen LogP contribution in [0, 0.1) is 27.7 Å². The van der Waals surface area contributed by atoms with Crippen LogP contribution in [0.3, 0.4) is 0 Å². The van der Waals surface area contributed by atoms with Gasteiger partial charge in [0, 0.05) is 24.1 Å². The lowest BCUT2D eigenvalue weighted by atomic mass is 9.77. The zero-order valence-corrected chi connectivity index (χ0v) is 12.6. The zero-order valence-electron chi connectivity index (χ0n) is 12.6. The van der Waals surface area contributed by atoms with Crippen molar-refractivity contribution in [3.63, 3.8) is 0 Å². The molecule has 0 bridgehead atoms. The maximum Gasteiger partial charge on any atom is 0.269 e. The first-order valence-electron chi connectivity index (χ1n) is 7.71. The van der Waals surface area contributed by atoms with E-state index in [1.165, 1.54) is 18.2 Å². The molecule has 6 heteroatoms. The Morgan fingerprint density at radius 1 is 1.21 bits per heavy atom. The van der Waals surface area contributed by atoms with Crippen LogP contribution >= 0.6 is 0 Å². The number of benzene rings is 2. The van der Waals surface area contributed by atoms with Crippen molar-refractivity contribution in [2.75, 3.05) is 5.32 Å². The minimum Gasteiger partial charge on any atom is -0.375 e. The highest BCUT2D eigenvalue weighted by Gasteiger charge is 2.39. The van der Waals surface area contributed by atoms with Gasteiger partial charge in [0.1, 0.15) is 11.6 Å². The van der Waals surface area contributed by atoms with Crippen molar-refractivity contribution >= 4 is 11.4 Å². The van der Waals surface area contributed by atoms with Crippen molar-refractivity contribution in [2.24, 2.45) is 5.92 Å². The second-order valence-corrected chi connectivity index (χ2v) is 6.18. The van der Waals surface area contributed by atoms with Crippen molar-refractivity contribution in [2.45, 2.75) is 18.4 Å². The van der Waals surface area contributed by atoms with Crippen LogP contribution in [0.4, 0.5) is 20.2 Å². The third-order valence-corrected chi connectivity index (χ3v) is 4.83. The Morgan fingerprint density at radius 3 is 2.83 bits per heavy atom. The third kappa shape index (κ3) is 2.26. The summed E-state index contributed by atoms with van der Waals surface area (Å²) in [6.07, 6.45) is 4.72. The molecule has 0 spiro atoms. The Kier molecular flexibility index (Phi) is 3.33. The van der Waals surface area contributed by atoms with Gasteiger partial charge in [-0.05, 0) is 29.5 Å². The quantitative estimate of drug-likeness (QED) is 0.494. The summed E-state index contributed by atoms with van der Waals surface area (Å²) in [5.74, 6) is -1.27. The molecule has 122 valence electrons. The zero-order chi connectivity index (χ0) is 16.8. The standard InChI is InChI=1S/C18H14F2N2O2/c19-11-8-15-13-5-2-6-14(13)17(21-18(15)16(20)9-11)10-3-1-4-12(7-10)22(23)24/h1-5,7-9,13-14,17,21H,6H2/t13-,14-,17+/m1/s1. The number of rotatable bonds is 2. The first kappa shape index (κ1) is 14.8. The van der Waals surface area contributed by atoms with E-state index in [0.29, 0.717) is 5.56 Å². The topological polar surface area (TPSA) is 55.2 Å². The predicted octanol–water partition coefficient (Wildman–Crippen LogP) is 4.70. The Balaban J connectivity index is 1.81. The van der Waals surface area contributed by atoms with E-state index >= 15 is 0 Å². The van der Waals surface area contributed by atoms with E-state index in [1.54, 1.807) is 12.1 Å². The molecule has 4 rings (SSSR count). The molecule has 2 aliphatic rings. The van der Waals surface area contributed by atoms with Crippen molar-refractivity contribution in [1.29, 1.82) is 0 Å². The molecule has 1 aliphatic heterocycles. The Hall–Kier alpha value is -2.76. The van der Waals surface area contributed by atoms with Crippen molar-refractivity contribution in [1.82, 2.24) is 0 Å². The van der Waals surface area contributed by atoms with Crippen LogP contribution < -0.4 is 5.32 Å². The molecular weight excluding hydrogens is 314 g/mol. The monoisotopic (exact) mass is 328 g/mol. The number of nitrogens with one attached hydrogen (secondary N) is 1. The van der Waals surface area contributed by atoms with Crippen LogP contribution in [0.15, 0.2) is 48.6 Å². The number of hydrogen-bond acceptors (Lipinski definition) is 3. The van der Waals surface area contributed by atoms with Crippen molar-refractivity contribution < 1.29 is 13.7 Å². The number of anilines is 1. The Labute approximate surface area is 137 Å². The number of halogens is 2. The first-order chi connectivity index (χ1) is 11.5. The van der Waals surface area contributed by atoms with E-state index in [-0.39, 0.29) is 29.3 Å². The number of hydrogen-bond donors (Lipinski definition) is 1. The molecule has 0 amide bonds. The van der Waals surface area contributed by atoms with Gasteiger partial charge >= 0.3 is 0 Å². The number of allylic oxidation sites excluding steroid dienone is 2. The normalized spacial score (nSPS) is 24.2. The predicted molar refractivity (Wildman–Crippen MR) is 85.8 cm³/mol. The van der Waals surface area contributed by atoms with Gasteiger partial charge in [0.05, 0.1) is 16.7 Å². The first-order valence-corrected chi connectivity index (χ1v) is 7.71. The molecule has 0 saturated carbocycles. The van der Waals surface area contributed by atoms with Crippen molar-refractivity contribution in [3.8, 4) is 0 Å². The lowest BCUT2D eigenvalue weighted by Gasteiger charge is -2.37. The number of nitrogens with zero attached hydrogens (tertiary/aromatic N) is 1. The van der Waals surface area contributed by atoms with Gasteiger partial charge in [0.2, 0.25) is 0 Å². The smallest absolute Gasteiger partial charge is 0.269 e. The molecule has 0 unspecified atom stereocenters. The van der Waals surface area contributed by atoms with Gasteiger partial charge in [-0.3, -0.25) is 10.1 Å². The van der Waals surface area contributed by atoms with Gasteiger partial charge in [0.15, 0.2) is 0 Å². The van der Waals surface area contributed by atoms with E-state index in [2.05, 4.69) is 5.32 Å². The molecule has 2 aromatic carbocycles. The Bertz CT molecular complexity index is 866. The van der Waals surface area contributed by atoms with E-state index in [9.17, 15) is 18.9 Å². The summed E-state index contributed by atoms with van der Waals surface area (Å²) in [6.45, 7) is 0. The van der Waals surface area contributed by atoms with Gasteiger partial charge in [-0.1, -0.05) is 24.3 Å². The highest BCUT2D eigenvalue weighted by Crippen LogP contribution is 2.50. The van der Waals surface area contributed by atoms with Crippen LogP contribution in [-0.2, 0) is 0 Å². The van der Waals surface area contributed by atoms with Crippen LogP contribution in [0.2, 0.25) is 0 Å². The largest absolute Gasteiger partial charge is 0.375 e. The lowest BCUT2D eigenvalue weighted by Crippen LogP contribution is -2.30. The molecule has 2 aromatic rings. The molecule has 24 heavy (non-hydrogen) atoms. The number of fused-ring (bicyclic) bond motifs is 3. The maximum atomic E-state index is 14.3. The van der Waals surface area contributed by atoms with E-state index in [1.807, 2.05) is 12.2 Å².